The Bertz CT molecular complexity index is 1250. The maximum atomic E-state index is 13.7. The Labute approximate surface area is 197 Å². The number of fused-ring (bicyclic) bond motifs is 2. The van der Waals surface area contributed by atoms with Crippen LogP contribution in [0.2, 0.25) is 5.02 Å². The first kappa shape index (κ1) is 22.1. The summed E-state index contributed by atoms with van der Waals surface area (Å²) >= 11 is 6.29. The fourth-order valence-electron chi connectivity index (χ4n) is 4.83. The van der Waals surface area contributed by atoms with Crippen molar-refractivity contribution in [2.45, 2.75) is 25.8 Å². The molecule has 1 saturated heterocycles. The van der Waals surface area contributed by atoms with E-state index in [-0.39, 0.29) is 17.1 Å². The maximum absolute atomic E-state index is 13.7. The third kappa shape index (κ3) is 4.19. The zero-order valence-corrected chi connectivity index (χ0v) is 19.4. The highest BCUT2D eigenvalue weighted by Crippen LogP contribution is 2.39. The van der Waals surface area contributed by atoms with E-state index in [2.05, 4.69) is 4.90 Å². The second kappa shape index (κ2) is 9.29. The Balaban J connectivity index is 1.55. The minimum atomic E-state index is -0.512. The number of halogens is 1. The molecule has 2 aromatic carbocycles. The molecule has 2 aliphatic heterocycles. The van der Waals surface area contributed by atoms with Crippen molar-refractivity contribution in [3.8, 4) is 0 Å². The lowest BCUT2D eigenvalue weighted by molar-refractivity contribution is 0.0353. The van der Waals surface area contributed by atoms with Gasteiger partial charge in [0.2, 0.25) is 5.76 Å². The number of carbonyl (C=O) groups is 1. The molecular formula is C26H27ClN2O4. The third-order valence-electron chi connectivity index (χ3n) is 6.58. The summed E-state index contributed by atoms with van der Waals surface area (Å²) in [5, 5.41) is 1.09. The Morgan fingerprint density at radius 2 is 1.88 bits per heavy atom. The number of amides is 1. The van der Waals surface area contributed by atoms with Gasteiger partial charge in [-0.25, -0.2) is 0 Å². The van der Waals surface area contributed by atoms with Crippen LogP contribution in [-0.4, -0.2) is 55.1 Å². The molecule has 0 saturated carbocycles. The number of benzene rings is 2. The van der Waals surface area contributed by atoms with Crippen LogP contribution in [0.4, 0.5) is 0 Å². The maximum Gasteiger partial charge on any atom is 0.290 e. The van der Waals surface area contributed by atoms with Gasteiger partial charge < -0.3 is 14.1 Å². The molecule has 0 radical (unpaired) electrons. The zero-order chi connectivity index (χ0) is 22.9. The van der Waals surface area contributed by atoms with Gasteiger partial charge in [-0.1, -0.05) is 36.7 Å². The highest BCUT2D eigenvalue weighted by atomic mass is 35.5. The molecule has 6 nitrogen and oxygen atoms in total. The van der Waals surface area contributed by atoms with E-state index < -0.39 is 6.04 Å². The minimum absolute atomic E-state index is 0.143. The van der Waals surface area contributed by atoms with E-state index in [9.17, 15) is 9.59 Å². The SMILES string of the molecule is CCc1ccc2oc3c(c(=O)c2c1)C(c1cccc(Cl)c1)N(CCCN1CCOCC1)C3=O. The van der Waals surface area contributed by atoms with E-state index in [1.165, 1.54) is 0 Å². The molecule has 5 rings (SSSR count). The van der Waals surface area contributed by atoms with Gasteiger partial charge in [-0.05, 0) is 48.2 Å². The molecule has 0 spiro atoms. The molecule has 1 atom stereocenters. The van der Waals surface area contributed by atoms with Crippen LogP contribution in [0.1, 0.15) is 46.6 Å². The van der Waals surface area contributed by atoms with E-state index in [0.29, 0.717) is 28.1 Å². The second-order valence-corrected chi connectivity index (χ2v) is 9.06. The molecule has 0 N–H and O–H groups in total. The number of nitrogens with zero attached hydrogens (tertiary/aromatic N) is 2. The van der Waals surface area contributed by atoms with Crippen LogP contribution in [0.5, 0.6) is 0 Å². The normalized spacial score (nSPS) is 18.8. The number of hydrogen-bond donors (Lipinski definition) is 0. The van der Waals surface area contributed by atoms with Crippen LogP contribution >= 0.6 is 11.6 Å². The van der Waals surface area contributed by atoms with Gasteiger partial charge in [0.1, 0.15) is 5.58 Å². The first-order valence-corrected chi connectivity index (χ1v) is 11.9. The fourth-order valence-corrected chi connectivity index (χ4v) is 5.03. The molecule has 7 heteroatoms. The van der Waals surface area contributed by atoms with Crippen molar-refractivity contribution in [2.24, 2.45) is 0 Å². The lowest BCUT2D eigenvalue weighted by Gasteiger charge is -2.29. The van der Waals surface area contributed by atoms with Crippen molar-refractivity contribution in [3.05, 3.63) is 80.2 Å². The Morgan fingerprint density at radius 1 is 1.06 bits per heavy atom. The van der Waals surface area contributed by atoms with E-state index >= 15 is 0 Å². The number of aryl methyl sites for hydroxylation is 1. The molecule has 0 aliphatic carbocycles. The quantitative estimate of drug-likeness (QED) is 0.542. The van der Waals surface area contributed by atoms with Crippen molar-refractivity contribution in [1.29, 1.82) is 0 Å². The van der Waals surface area contributed by atoms with Gasteiger partial charge in [0, 0.05) is 31.2 Å². The third-order valence-corrected chi connectivity index (χ3v) is 6.81. The van der Waals surface area contributed by atoms with Crippen LogP contribution in [0.25, 0.3) is 11.0 Å². The number of hydrogen-bond acceptors (Lipinski definition) is 5. The van der Waals surface area contributed by atoms with Gasteiger partial charge in [-0.3, -0.25) is 14.5 Å². The fraction of sp³-hybridized carbons (Fsp3) is 0.385. The van der Waals surface area contributed by atoms with Crippen molar-refractivity contribution in [1.82, 2.24) is 9.80 Å². The summed E-state index contributed by atoms with van der Waals surface area (Å²) in [6.07, 6.45) is 1.61. The van der Waals surface area contributed by atoms with E-state index in [4.69, 9.17) is 20.8 Å². The highest BCUT2D eigenvalue weighted by molar-refractivity contribution is 6.30. The van der Waals surface area contributed by atoms with Gasteiger partial charge in [0.15, 0.2) is 5.43 Å². The monoisotopic (exact) mass is 466 g/mol. The van der Waals surface area contributed by atoms with E-state index in [1.807, 2.05) is 37.3 Å². The average molecular weight is 467 g/mol. The summed E-state index contributed by atoms with van der Waals surface area (Å²) in [6.45, 7) is 6.72. The Morgan fingerprint density at radius 3 is 2.64 bits per heavy atom. The number of ether oxygens (including phenoxy) is 1. The van der Waals surface area contributed by atoms with Crippen LogP contribution in [-0.2, 0) is 11.2 Å². The van der Waals surface area contributed by atoms with Crippen molar-refractivity contribution in [2.75, 3.05) is 39.4 Å². The Hall–Kier alpha value is -2.67. The first-order valence-electron chi connectivity index (χ1n) is 11.5. The average Bonchev–Trinajstić information content (AvgIpc) is 3.11. The first-order chi connectivity index (χ1) is 16.1. The van der Waals surface area contributed by atoms with Crippen LogP contribution in [0.15, 0.2) is 51.7 Å². The van der Waals surface area contributed by atoms with E-state index in [0.717, 1.165) is 56.8 Å². The van der Waals surface area contributed by atoms with Gasteiger partial charge in [-0.2, -0.15) is 0 Å². The van der Waals surface area contributed by atoms with Crippen molar-refractivity contribution >= 4 is 28.5 Å². The summed E-state index contributed by atoms with van der Waals surface area (Å²) in [4.78, 5) is 31.3. The molecule has 1 aromatic heterocycles. The smallest absolute Gasteiger partial charge is 0.290 e. The van der Waals surface area contributed by atoms with Crippen LogP contribution < -0.4 is 5.43 Å². The molecule has 2 aliphatic rings. The molecule has 1 fully saturated rings. The predicted molar refractivity (Wildman–Crippen MR) is 128 cm³/mol. The molecule has 172 valence electrons. The largest absolute Gasteiger partial charge is 0.450 e. The van der Waals surface area contributed by atoms with Crippen molar-refractivity contribution < 1.29 is 13.9 Å². The second-order valence-electron chi connectivity index (χ2n) is 8.62. The molecular weight excluding hydrogens is 440 g/mol. The summed E-state index contributed by atoms with van der Waals surface area (Å²) in [5.41, 5.74) is 2.59. The van der Waals surface area contributed by atoms with Gasteiger partial charge in [0.05, 0.1) is 30.2 Å². The number of rotatable bonds is 6. The van der Waals surface area contributed by atoms with Gasteiger partial charge in [0.25, 0.3) is 5.91 Å². The molecule has 1 unspecified atom stereocenters. The topological polar surface area (TPSA) is 63.0 Å². The highest BCUT2D eigenvalue weighted by Gasteiger charge is 2.42. The minimum Gasteiger partial charge on any atom is -0.450 e. The summed E-state index contributed by atoms with van der Waals surface area (Å²) in [6, 6.07) is 12.5. The van der Waals surface area contributed by atoms with E-state index in [1.54, 1.807) is 17.0 Å². The van der Waals surface area contributed by atoms with Crippen molar-refractivity contribution in [3.63, 3.8) is 0 Å². The number of carbonyl (C=O) groups excluding carboxylic acids is 1. The molecule has 3 aromatic rings. The molecule has 0 bridgehead atoms. The van der Waals surface area contributed by atoms with Gasteiger partial charge >= 0.3 is 0 Å². The molecule has 3 heterocycles. The standard InChI is InChI=1S/C26H27ClN2O4/c1-2-17-7-8-21-20(15-17)24(30)22-23(18-5-3-6-19(27)16-18)29(26(31)25(22)33-21)10-4-9-28-11-13-32-14-12-28/h3,5-8,15-16,23H,2,4,9-14H2,1H3. The summed E-state index contributed by atoms with van der Waals surface area (Å²) in [7, 11) is 0. The van der Waals surface area contributed by atoms with Crippen LogP contribution in [0, 0.1) is 0 Å². The molecule has 33 heavy (non-hydrogen) atoms. The summed E-state index contributed by atoms with van der Waals surface area (Å²) in [5.74, 6) is -0.0939. The predicted octanol–water partition coefficient (Wildman–Crippen LogP) is 4.28. The summed E-state index contributed by atoms with van der Waals surface area (Å²) < 4.78 is 11.5. The molecule has 1 amide bonds. The van der Waals surface area contributed by atoms with Gasteiger partial charge in [-0.15, -0.1) is 0 Å². The van der Waals surface area contributed by atoms with Crippen LogP contribution in [0.3, 0.4) is 0 Å². The lowest BCUT2D eigenvalue weighted by Crippen LogP contribution is -2.38. The Kier molecular flexibility index (Phi) is 6.23. The number of morpholine rings is 1. The lowest BCUT2D eigenvalue weighted by atomic mass is 9.98. The zero-order valence-electron chi connectivity index (χ0n) is 18.7.